The van der Waals surface area contributed by atoms with Crippen molar-refractivity contribution >= 4 is 16.7 Å². The van der Waals surface area contributed by atoms with Gasteiger partial charge >= 0.3 is 5.97 Å². The van der Waals surface area contributed by atoms with Crippen LogP contribution in [0.4, 0.5) is 0 Å². The third-order valence-corrected chi connectivity index (χ3v) is 3.63. The Labute approximate surface area is 141 Å². The molecule has 24 heavy (non-hydrogen) atoms. The van der Waals surface area contributed by atoms with E-state index in [2.05, 4.69) is 12.6 Å². The number of carbonyl (C=O) groups excluding carboxylic acids is 1. The van der Waals surface area contributed by atoms with Gasteiger partial charge in [-0.15, -0.1) is 0 Å². The van der Waals surface area contributed by atoms with Gasteiger partial charge in [-0.3, -0.25) is 0 Å². The van der Waals surface area contributed by atoms with Crippen molar-refractivity contribution in [2.45, 2.75) is 13.5 Å². The normalized spacial score (nSPS) is 10.4. The van der Waals surface area contributed by atoms with Crippen LogP contribution in [0.15, 0.2) is 78.9 Å². The Kier molecular flexibility index (Phi) is 4.62. The molecule has 0 aliphatic carbocycles. The number of carbonyl (C=O) groups is 1. The molecule has 120 valence electrons. The van der Waals surface area contributed by atoms with E-state index in [0.29, 0.717) is 11.3 Å². The second-order valence-electron chi connectivity index (χ2n) is 5.58. The van der Waals surface area contributed by atoms with Gasteiger partial charge in [0.1, 0.15) is 18.1 Å². The van der Waals surface area contributed by atoms with Gasteiger partial charge in [0.05, 0.1) is 0 Å². The largest absolute Gasteiger partial charge is 0.457 e. The zero-order valence-corrected chi connectivity index (χ0v) is 13.5. The van der Waals surface area contributed by atoms with Gasteiger partial charge < -0.3 is 9.47 Å². The first-order valence-electron chi connectivity index (χ1n) is 7.71. The molecule has 0 aliphatic rings. The van der Waals surface area contributed by atoms with Gasteiger partial charge in [-0.2, -0.15) is 0 Å². The maximum Gasteiger partial charge on any atom is 0.333 e. The molecule has 3 aromatic rings. The first-order chi connectivity index (χ1) is 11.6. The van der Waals surface area contributed by atoms with E-state index in [9.17, 15) is 4.79 Å². The van der Waals surface area contributed by atoms with Crippen LogP contribution in [-0.4, -0.2) is 5.97 Å². The lowest BCUT2D eigenvalue weighted by atomic mass is 10.1. The van der Waals surface area contributed by atoms with E-state index >= 15 is 0 Å². The molecule has 0 saturated heterocycles. The number of para-hydroxylation sites is 1. The predicted octanol–water partition coefficient (Wildman–Crippen LogP) is 5.25. The van der Waals surface area contributed by atoms with Gasteiger partial charge in [-0.05, 0) is 35.9 Å². The summed E-state index contributed by atoms with van der Waals surface area (Å²) < 4.78 is 11.2. The van der Waals surface area contributed by atoms with Crippen molar-refractivity contribution in [3.63, 3.8) is 0 Å². The quantitative estimate of drug-likeness (QED) is 0.476. The number of esters is 1. The third kappa shape index (κ3) is 3.63. The fourth-order valence-electron chi connectivity index (χ4n) is 2.35. The zero-order chi connectivity index (χ0) is 16.9. The summed E-state index contributed by atoms with van der Waals surface area (Å²) in [5.74, 6) is 1.00. The highest BCUT2D eigenvalue weighted by molar-refractivity contribution is 5.87. The highest BCUT2D eigenvalue weighted by Crippen LogP contribution is 2.28. The highest BCUT2D eigenvalue weighted by atomic mass is 16.5. The molecule has 0 amide bonds. The number of fused-ring (bicyclic) bond motifs is 1. The first kappa shape index (κ1) is 15.8. The fraction of sp³-hybridized carbons (Fsp3) is 0.0952. The standard InChI is InChI=1S/C21H18O3/c1-15(2)21(22)23-14-18-9-5-6-10-20(18)24-19-12-11-16-7-3-4-8-17(16)13-19/h3-13H,1,14H2,2H3. The molecule has 0 atom stereocenters. The van der Waals surface area contributed by atoms with Crippen LogP contribution in [0.5, 0.6) is 11.5 Å². The maximum absolute atomic E-state index is 11.6. The summed E-state index contributed by atoms with van der Waals surface area (Å²) in [5.41, 5.74) is 1.18. The molecule has 0 spiro atoms. The Morgan fingerprint density at radius 1 is 0.958 bits per heavy atom. The number of ether oxygens (including phenoxy) is 2. The Balaban J connectivity index is 1.81. The van der Waals surface area contributed by atoms with Crippen molar-refractivity contribution in [3.8, 4) is 11.5 Å². The molecule has 0 radical (unpaired) electrons. The average Bonchev–Trinajstić information content (AvgIpc) is 2.60. The summed E-state index contributed by atoms with van der Waals surface area (Å²) in [4.78, 5) is 11.6. The smallest absolute Gasteiger partial charge is 0.333 e. The van der Waals surface area contributed by atoms with Crippen LogP contribution in [0.3, 0.4) is 0 Å². The Morgan fingerprint density at radius 2 is 1.67 bits per heavy atom. The van der Waals surface area contributed by atoms with Gasteiger partial charge in [0, 0.05) is 11.1 Å². The van der Waals surface area contributed by atoms with Gasteiger partial charge in [-0.25, -0.2) is 4.79 Å². The van der Waals surface area contributed by atoms with Crippen LogP contribution in [0.1, 0.15) is 12.5 Å². The Hall–Kier alpha value is -3.07. The topological polar surface area (TPSA) is 35.5 Å². The SMILES string of the molecule is C=C(C)C(=O)OCc1ccccc1Oc1ccc2ccccc2c1. The van der Waals surface area contributed by atoms with Crippen molar-refractivity contribution in [2.24, 2.45) is 0 Å². The lowest BCUT2D eigenvalue weighted by Crippen LogP contribution is -2.05. The van der Waals surface area contributed by atoms with E-state index < -0.39 is 5.97 Å². The molecule has 0 unspecified atom stereocenters. The van der Waals surface area contributed by atoms with Crippen LogP contribution < -0.4 is 4.74 Å². The molecule has 0 fully saturated rings. The van der Waals surface area contributed by atoms with Crippen LogP contribution in [0.25, 0.3) is 10.8 Å². The van der Waals surface area contributed by atoms with Crippen LogP contribution >= 0.6 is 0 Å². The first-order valence-corrected chi connectivity index (χ1v) is 7.71. The van der Waals surface area contributed by atoms with Crippen molar-refractivity contribution in [2.75, 3.05) is 0 Å². The number of hydrogen-bond acceptors (Lipinski definition) is 3. The number of hydrogen-bond donors (Lipinski definition) is 0. The van der Waals surface area contributed by atoms with E-state index in [-0.39, 0.29) is 6.61 Å². The Bertz CT molecular complexity index is 896. The zero-order valence-electron chi connectivity index (χ0n) is 13.5. The molecule has 3 nitrogen and oxygen atoms in total. The monoisotopic (exact) mass is 318 g/mol. The molecular weight excluding hydrogens is 300 g/mol. The van der Waals surface area contributed by atoms with E-state index in [1.807, 2.05) is 60.7 Å². The summed E-state index contributed by atoms with van der Waals surface area (Å²) in [7, 11) is 0. The van der Waals surface area contributed by atoms with Gasteiger partial charge in [0.25, 0.3) is 0 Å². The molecule has 3 aromatic carbocycles. The second kappa shape index (κ2) is 7.01. The number of rotatable bonds is 5. The molecular formula is C21H18O3. The van der Waals surface area contributed by atoms with E-state index in [4.69, 9.17) is 9.47 Å². The minimum absolute atomic E-state index is 0.148. The molecule has 0 bridgehead atoms. The summed E-state index contributed by atoms with van der Waals surface area (Å²) in [6, 6.07) is 21.6. The van der Waals surface area contributed by atoms with Crippen LogP contribution in [-0.2, 0) is 16.1 Å². The minimum Gasteiger partial charge on any atom is -0.457 e. The van der Waals surface area contributed by atoms with E-state index in [1.54, 1.807) is 6.92 Å². The van der Waals surface area contributed by atoms with Crippen molar-refractivity contribution in [1.29, 1.82) is 0 Å². The van der Waals surface area contributed by atoms with Crippen molar-refractivity contribution < 1.29 is 14.3 Å². The molecule has 0 heterocycles. The van der Waals surface area contributed by atoms with Gasteiger partial charge in [0.15, 0.2) is 0 Å². The fourth-order valence-corrected chi connectivity index (χ4v) is 2.35. The lowest BCUT2D eigenvalue weighted by molar-refractivity contribution is -0.140. The molecule has 0 aromatic heterocycles. The van der Waals surface area contributed by atoms with Gasteiger partial charge in [0.2, 0.25) is 0 Å². The Morgan fingerprint density at radius 3 is 2.46 bits per heavy atom. The van der Waals surface area contributed by atoms with Crippen LogP contribution in [0.2, 0.25) is 0 Å². The molecule has 0 saturated carbocycles. The summed E-state index contributed by atoms with van der Waals surface area (Å²) in [6.07, 6.45) is 0. The summed E-state index contributed by atoms with van der Waals surface area (Å²) in [5, 5.41) is 2.27. The summed E-state index contributed by atoms with van der Waals surface area (Å²) in [6.45, 7) is 5.35. The molecule has 3 heteroatoms. The van der Waals surface area contributed by atoms with Crippen molar-refractivity contribution in [3.05, 3.63) is 84.4 Å². The summed E-state index contributed by atoms with van der Waals surface area (Å²) >= 11 is 0. The van der Waals surface area contributed by atoms with Gasteiger partial charge in [-0.1, -0.05) is 55.1 Å². The minimum atomic E-state index is -0.407. The van der Waals surface area contributed by atoms with Crippen molar-refractivity contribution in [1.82, 2.24) is 0 Å². The molecule has 0 aliphatic heterocycles. The highest BCUT2D eigenvalue weighted by Gasteiger charge is 2.09. The molecule has 3 rings (SSSR count). The maximum atomic E-state index is 11.6. The molecule has 0 N–H and O–H groups in total. The predicted molar refractivity (Wildman–Crippen MR) is 95.1 cm³/mol. The van der Waals surface area contributed by atoms with Crippen LogP contribution in [0, 0.1) is 0 Å². The second-order valence-corrected chi connectivity index (χ2v) is 5.58. The third-order valence-electron chi connectivity index (χ3n) is 3.63. The van der Waals surface area contributed by atoms with E-state index in [0.717, 1.165) is 22.1 Å². The lowest BCUT2D eigenvalue weighted by Gasteiger charge is -2.12. The number of benzene rings is 3. The average molecular weight is 318 g/mol. The van der Waals surface area contributed by atoms with E-state index in [1.165, 1.54) is 0 Å².